The maximum Gasteiger partial charge on any atom is 0.229 e. The zero-order valence-corrected chi connectivity index (χ0v) is 20.4. The number of halogens is 2. The van der Waals surface area contributed by atoms with Crippen LogP contribution in [-0.4, -0.2) is 67.5 Å². The van der Waals surface area contributed by atoms with Gasteiger partial charge in [-0.2, -0.15) is 0 Å². The minimum atomic E-state index is -0.621. The number of fused-ring (bicyclic) bond motifs is 3. The predicted molar refractivity (Wildman–Crippen MR) is 134 cm³/mol. The van der Waals surface area contributed by atoms with E-state index < -0.39 is 11.6 Å². The number of nitrogens with zero attached hydrogens (tertiary/aromatic N) is 7. The van der Waals surface area contributed by atoms with Crippen LogP contribution < -0.4 is 5.32 Å². The zero-order valence-electron chi connectivity index (χ0n) is 20.4. The molecule has 0 saturated carbocycles. The molecule has 1 saturated heterocycles. The molecule has 5 heterocycles. The van der Waals surface area contributed by atoms with Gasteiger partial charge in [-0.25, -0.2) is 28.7 Å². The van der Waals surface area contributed by atoms with Gasteiger partial charge in [-0.05, 0) is 44.2 Å². The molecule has 0 bridgehead atoms. The zero-order chi connectivity index (χ0) is 24.8. The Kier molecular flexibility index (Phi) is 5.85. The van der Waals surface area contributed by atoms with Crippen LogP contribution in [0.25, 0.3) is 22.3 Å². The molecular formula is C26H28F2N8. The lowest BCUT2D eigenvalue weighted by atomic mass is 10.1. The number of aromatic nitrogens is 5. The number of hydrogen-bond acceptors (Lipinski definition) is 7. The molecule has 8 nitrogen and oxygen atoms in total. The van der Waals surface area contributed by atoms with E-state index in [9.17, 15) is 8.78 Å². The largest absolute Gasteiger partial charge is 0.325 e. The molecule has 1 fully saturated rings. The SMILES string of the molecule is C[C@H]1CCc2nc3c(F)cc(-c4nc(Nc5ccc(CN6CCN(C)CC6)cn5)ncc4F)cc3n21. The van der Waals surface area contributed by atoms with Gasteiger partial charge in [-0.3, -0.25) is 4.90 Å². The van der Waals surface area contributed by atoms with Gasteiger partial charge in [0.15, 0.2) is 11.6 Å². The highest BCUT2D eigenvalue weighted by Crippen LogP contribution is 2.34. The smallest absolute Gasteiger partial charge is 0.229 e. The molecule has 2 aliphatic rings. The number of piperazine rings is 1. The summed E-state index contributed by atoms with van der Waals surface area (Å²) in [7, 11) is 2.14. The Hall–Kier alpha value is -3.50. The van der Waals surface area contributed by atoms with Crippen LogP contribution in [0.4, 0.5) is 20.5 Å². The Balaban J connectivity index is 1.23. The van der Waals surface area contributed by atoms with Gasteiger partial charge in [0, 0.05) is 56.9 Å². The Morgan fingerprint density at radius 2 is 1.83 bits per heavy atom. The van der Waals surface area contributed by atoms with Crippen LogP contribution in [0.2, 0.25) is 0 Å². The van der Waals surface area contributed by atoms with Gasteiger partial charge < -0.3 is 14.8 Å². The lowest BCUT2D eigenvalue weighted by Crippen LogP contribution is -2.43. The van der Waals surface area contributed by atoms with Crippen LogP contribution >= 0.6 is 0 Å². The van der Waals surface area contributed by atoms with Crippen molar-refractivity contribution < 1.29 is 8.78 Å². The summed E-state index contributed by atoms with van der Waals surface area (Å²) >= 11 is 0. The first-order valence-electron chi connectivity index (χ1n) is 12.3. The van der Waals surface area contributed by atoms with Crippen molar-refractivity contribution >= 4 is 22.8 Å². The summed E-state index contributed by atoms with van der Waals surface area (Å²) in [6.07, 6.45) is 4.69. The van der Waals surface area contributed by atoms with E-state index in [1.807, 2.05) is 22.9 Å². The molecule has 2 aliphatic heterocycles. The molecule has 10 heteroatoms. The Bertz CT molecular complexity index is 1410. The maximum absolute atomic E-state index is 14.9. The van der Waals surface area contributed by atoms with Crippen LogP contribution in [0.15, 0.2) is 36.7 Å². The summed E-state index contributed by atoms with van der Waals surface area (Å²) in [5.74, 6) is 0.504. The number of benzene rings is 1. The van der Waals surface area contributed by atoms with Crippen LogP contribution in [0, 0.1) is 11.6 Å². The van der Waals surface area contributed by atoms with Crippen LogP contribution in [0.1, 0.15) is 30.8 Å². The molecule has 36 heavy (non-hydrogen) atoms. The molecular weight excluding hydrogens is 462 g/mol. The van der Waals surface area contributed by atoms with Crippen molar-refractivity contribution in [2.45, 2.75) is 32.4 Å². The standard InChI is InChI=1S/C26H28F2N8/c1-16-3-6-23-32-25-19(27)11-18(12-21(25)36(16)23)24-20(28)14-30-26(33-24)31-22-5-4-17(13-29-22)15-35-9-7-34(2)8-10-35/h4-5,11-14,16H,3,6-10,15H2,1-2H3,(H,29,30,31,33)/t16-/m0/s1. The lowest BCUT2D eigenvalue weighted by molar-refractivity contribution is 0.148. The van der Waals surface area contributed by atoms with Crippen molar-refractivity contribution in [1.29, 1.82) is 0 Å². The minimum Gasteiger partial charge on any atom is -0.325 e. The van der Waals surface area contributed by atoms with Gasteiger partial charge in [-0.15, -0.1) is 0 Å². The number of pyridine rings is 1. The van der Waals surface area contributed by atoms with Crippen molar-refractivity contribution in [3.8, 4) is 11.3 Å². The van der Waals surface area contributed by atoms with Crippen molar-refractivity contribution in [1.82, 2.24) is 34.3 Å². The normalized spacial score (nSPS) is 18.6. The van der Waals surface area contributed by atoms with Crippen molar-refractivity contribution in [2.75, 3.05) is 38.5 Å². The summed E-state index contributed by atoms with van der Waals surface area (Å²) in [4.78, 5) is 22.1. The molecule has 0 unspecified atom stereocenters. The summed E-state index contributed by atoms with van der Waals surface area (Å²) in [6.45, 7) is 7.14. The number of imidazole rings is 1. The fraction of sp³-hybridized carbons (Fsp3) is 0.385. The average molecular weight is 491 g/mol. The summed E-state index contributed by atoms with van der Waals surface area (Å²) < 4.78 is 31.8. The summed E-state index contributed by atoms with van der Waals surface area (Å²) in [6, 6.07) is 7.15. The van der Waals surface area contributed by atoms with Crippen LogP contribution in [0.3, 0.4) is 0 Å². The van der Waals surface area contributed by atoms with Gasteiger partial charge in [0.2, 0.25) is 5.95 Å². The van der Waals surface area contributed by atoms with Crippen LogP contribution in [-0.2, 0) is 13.0 Å². The number of nitrogens with one attached hydrogen (secondary N) is 1. The summed E-state index contributed by atoms with van der Waals surface area (Å²) in [5.41, 5.74) is 2.47. The van der Waals surface area contributed by atoms with E-state index in [4.69, 9.17) is 0 Å². The molecule has 0 aliphatic carbocycles. The van der Waals surface area contributed by atoms with E-state index in [2.05, 4.69) is 49.0 Å². The molecule has 6 rings (SSSR count). The fourth-order valence-corrected chi connectivity index (χ4v) is 5.07. The quantitative estimate of drug-likeness (QED) is 0.450. The maximum atomic E-state index is 14.9. The van der Waals surface area contributed by atoms with Gasteiger partial charge in [-0.1, -0.05) is 6.07 Å². The van der Waals surface area contributed by atoms with E-state index in [-0.39, 0.29) is 17.7 Å². The predicted octanol–water partition coefficient (Wildman–Crippen LogP) is 4.16. The second-order valence-electron chi connectivity index (χ2n) is 9.76. The summed E-state index contributed by atoms with van der Waals surface area (Å²) in [5, 5.41) is 3.04. The molecule has 1 aromatic carbocycles. The first-order chi connectivity index (χ1) is 17.4. The number of rotatable bonds is 5. The number of anilines is 2. The van der Waals surface area contributed by atoms with Gasteiger partial charge in [0.05, 0.1) is 11.7 Å². The molecule has 186 valence electrons. The van der Waals surface area contributed by atoms with E-state index >= 15 is 0 Å². The molecule has 3 aromatic heterocycles. The number of hydrogen-bond donors (Lipinski definition) is 1. The number of aryl methyl sites for hydroxylation is 1. The molecule has 1 atom stereocenters. The highest BCUT2D eigenvalue weighted by Gasteiger charge is 2.25. The number of likely N-dealkylation sites (N-methyl/N-ethyl adjacent to an activating group) is 1. The third-order valence-electron chi connectivity index (χ3n) is 7.13. The van der Waals surface area contributed by atoms with Crippen molar-refractivity contribution in [3.63, 3.8) is 0 Å². The first kappa shape index (κ1) is 22.9. The van der Waals surface area contributed by atoms with E-state index in [0.29, 0.717) is 22.4 Å². The first-order valence-corrected chi connectivity index (χ1v) is 12.3. The van der Waals surface area contributed by atoms with Crippen molar-refractivity contribution in [3.05, 3.63) is 59.7 Å². The minimum absolute atomic E-state index is 0.0289. The van der Waals surface area contributed by atoms with Gasteiger partial charge in [0.25, 0.3) is 0 Å². The molecule has 0 amide bonds. The Labute approximate surface area is 208 Å². The second-order valence-corrected chi connectivity index (χ2v) is 9.76. The molecule has 1 N–H and O–H groups in total. The van der Waals surface area contributed by atoms with E-state index in [1.165, 1.54) is 6.07 Å². The Morgan fingerprint density at radius 3 is 2.61 bits per heavy atom. The third kappa shape index (κ3) is 4.31. The monoisotopic (exact) mass is 490 g/mol. The van der Waals surface area contributed by atoms with E-state index in [1.54, 1.807) is 6.07 Å². The molecule has 4 aromatic rings. The van der Waals surface area contributed by atoms with Crippen molar-refractivity contribution in [2.24, 2.45) is 0 Å². The highest BCUT2D eigenvalue weighted by atomic mass is 19.1. The fourth-order valence-electron chi connectivity index (χ4n) is 5.07. The third-order valence-corrected chi connectivity index (χ3v) is 7.13. The van der Waals surface area contributed by atoms with Crippen LogP contribution in [0.5, 0.6) is 0 Å². The highest BCUT2D eigenvalue weighted by molar-refractivity contribution is 5.83. The van der Waals surface area contributed by atoms with E-state index in [0.717, 1.165) is 63.2 Å². The van der Waals surface area contributed by atoms with Gasteiger partial charge in [0.1, 0.15) is 22.9 Å². The molecule has 0 spiro atoms. The van der Waals surface area contributed by atoms with Gasteiger partial charge >= 0.3 is 0 Å². The average Bonchev–Trinajstić information content (AvgIpc) is 3.43. The topological polar surface area (TPSA) is 75.0 Å². The lowest BCUT2D eigenvalue weighted by Gasteiger charge is -2.32. The Morgan fingerprint density at radius 1 is 1.00 bits per heavy atom. The molecule has 0 radical (unpaired) electrons. The second kappa shape index (κ2) is 9.18.